The van der Waals surface area contributed by atoms with Crippen LogP contribution in [0.4, 0.5) is 4.79 Å². The first-order chi connectivity index (χ1) is 7.74. The average molecular weight is 223 g/mol. The minimum Gasteiger partial charge on any atom is -0.497 e. The molecule has 0 aromatic heterocycles. The lowest BCUT2D eigenvalue weighted by Crippen LogP contribution is -2.31. The predicted molar refractivity (Wildman–Crippen MR) is 56.2 cm³/mol. The van der Waals surface area contributed by atoms with Crippen LogP contribution >= 0.6 is 0 Å². The summed E-state index contributed by atoms with van der Waals surface area (Å²) in [5.41, 5.74) is 0.832. The number of aliphatic hydroxyl groups excluding tert-OH is 1. The van der Waals surface area contributed by atoms with Crippen LogP contribution in [-0.2, 0) is 4.74 Å². The fraction of sp³-hybridized carbons (Fsp3) is 0.364. The molecule has 0 unspecified atom stereocenters. The van der Waals surface area contributed by atoms with Gasteiger partial charge in [0.15, 0.2) is 6.10 Å². The fourth-order valence-electron chi connectivity index (χ4n) is 1.69. The van der Waals surface area contributed by atoms with Gasteiger partial charge in [-0.25, -0.2) is 4.79 Å². The summed E-state index contributed by atoms with van der Waals surface area (Å²) in [6.07, 6.45) is -0.941. The predicted octanol–water partition coefficient (Wildman–Crippen LogP) is 0.837. The first kappa shape index (κ1) is 10.8. The Morgan fingerprint density at radius 1 is 1.44 bits per heavy atom. The molecule has 0 saturated carbocycles. The standard InChI is InChI=1S/C11H13NO4/c1-15-8-4-2-7(3-5-8)10-9(6-13)12-11(14)16-10/h2-5,9-10,13H,6H2,1H3,(H,12,14)/t9-,10-/m1/s1. The van der Waals surface area contributed by atoms with Gasteiger partial charge in [0, 0.05) is 0 Å². The van der Waals surface area contributed by atoms with Gasteiger partial charge >= 0.3 is 6.09 Å². The molecule has 5 heteroatoms. The van der Waals surface area contributed by atoms with E-state index in [9.17, 15) is 4.79 Å². The maximum absolute atomic E-state index is 11.1. The third kappa shape index (κ3) is 1.94. The van der Waals surface area contributed by atoms with Crippen LogP contribution in [0.1, 0.15) is 11.7 Å². The number of hydrogen-bond acceptors (Lipinski definition) is 4. The molecule has 0 aliphatic carbocycles. The van der Waals surface area contributed by atoms with E-state index in [2.05, 4.69) is 5.32 Å². The maximum Gasteiger partial charge on any atom is 0.408 e. The molecule has 86 valence electrons. The summed E-state index contributed by atoms with van der Waals surface area (Å²) in [5, 5.41) is 11.6. The van der Waals surface area contributed by atoms with Crippen LogP contribution < -0.4 is 10.1 Å². The highest BCUT2D eigenvalue weighted by Gasteiger charge is 2.34. The van der Waals surface area contributed by atoms with Crippen molar-refractivity contribution < 1.29 is 19.4 Å². The number of rotatable bonds is 3. The molecule has 1 aliphatic heterocycles. The van der Waals surface area contributed by atoms with Crippen molar-refractivity contribution in [3.05, 3.63) is 29.8 Å². The minimum atomic E-state index is -0.500. The molecule has 0 bridgehead atoms. The zero-order valence-electron chi connectivity index (χ0n) is 8.84. The molecule has 2 N–H and O–H groups in total. The highest BCUT2D eigenvalue weighted by Crippen LogP contribution is 2.27. The molecule has 1 aliphatic rings. The van der Waals surface area contributed by atoms with Crippen molar-refractivity contribution in [2.75, 3.05) is 13.7 Å². The second-order valence-electron chi connectivity index (χ2n) is 3.53. The van der Waals surface area contributed by atoms with Crippen molar-refractivity contribution >= 4 is 6.09 Å². The number of benzene rings is 1. The van der Waals surface area contributed by atoms with Crippen molar-refractivity contribution in [3.8, 4) is 5.75 Å². The van der Waals surface area contributed by atoms with E-state index < -0.39 is 12.2 Å². The average Bonchev–Trinajstić information content (AvgIpc) is 2.70. The first-order valence-electron chi connectivity index (χ1n) is 4.96. The summed E-state index contributed by atoms with van der Waals surface area (Å²) in [7, 11) is 1.59. The summed E-state index contributed by atoms with van der Waals surface area (Å²) in [4.78, 5) is 11.1. The molecule has 2 rings (SSSR count). The van der Waals surface area contributed by atoms with Crippen LogP contribution in [0.15, 0.2) is 24.3 Å². The van der Waals surface area contributed by atoms with Gasteiger partial charge < -0.3 is 19.9 Å². The first-order valence-corrected chi connectivity index (χ1v) is 4.96. The van der Waals surface area contributed by atoms with Crippen LogP contribution in [0.25, 0.3) is 0 Å². The Balaban J connectivity index is 2.19. The molecule has 1 saturated heterocycles. The van der Waals surface area contributed by atoms with Crippen molar-refractivity contribution in [2.24, 2.45) is 0 Å². The molecule has 0 spiro atoms. The number of hydrogen-bond donors (Lipinski definition) is 2. The Kier molecular flexibility index (Phi) is 2.96. The number of nitrogens with one attached hydrogen (secondary N) is 1. The Bertz CT molecular complexity index is 376. The Morgan fingerprint density at radius 2 is 2.12 bits per heavy atom. The number of aliphatic hydroxyl groups is 1. The molecular weight excluding hydrogens is 210 g/mol. The lowest BCUT2D eigenvalue weighted by molar-refractivity contribution is 0.119. The normalized spacial score (nSPS) is 23.8. The Morgan fingerprint density at radius 3 is 2.69 bits per heavy atom. The van der Waals surface area contributed by atoms with Crippen molar-refractivity contribution in [1.82, 2.24) is 5.32 Å². The van der Waals surface area contributed by atoms with E-state index in [4.69, 9.17) is 14.6 Å². The monoisotopic (exact) mass is 223 g/mol. The number of amides is 1. The lowest BCUT2D eigenvalue weighted by Gasteiger charge is -2.15. The van der Waals surface area contributed by atoms with Crippen LogP contribution in [0.2, 0.25) is 0 Å². The fourth-order valence-corrected chi connectivity index (χ4v) is 1.69. The highest BCUT2D eigenvalue weighted by atomic mass is 16.6. The SMILES string of the molecule is COc1ccc([C@H]2OC(=O)N[C@@H]2CO)cc1. The Hall–Kier alpha value is -1.75. The van der Waals surface area contributed by atoms with E-state index in [0.717, 1.165) is 11.3 Å². The largest absolute Gasteiger partial charge is 0.497 e. The number of cyclic esters (lactones) is 1. The Labute approximate surface area is 93.0 Å². The molecule has 5 nitrogen and oxygen atoms in total. The van der Waals surface area contributed by atoms with Gasteiger partial charge in [0.1, 0.15) is 5.75 Å². The molecule has 1 amide bonds. The zero-order chi connectivity index (χ0) is 11.5. The maximum atomic E-state index is 11.1. The molecular formula is C11H13NO4. The molecule has 1 aromatic carbocycles. The number of methoxy groups -OCH3 is 1. The lowest BCUT2D eigenvalue weighted by atomic mass is 10.0. The molecule has 2 atom stereocenters. The van der Waals surface area contributed by atoms with Crippen molar-refractivity contribution in [1.29, 1.82) is 0 Å². The van der Waals surface area contributed by atoms with E-state index in [1.165, 1.54) is 0 Å². The van der Waals surface area contributed by atoms with E-state index in [1.807, 2.05) is 12.1 Å². The van der Waals surface area contributed by atoms with Crippen molar-refractivity contribution in [3.63, 3.8) is 0 Å². The van der Waals surface area contributed by atoms with Crippen molar-refractivity contribution in [2.45, 2.75) is 12.1 Å². The minimum absolute atomic E-state index is 0.150. The second kappa shape index (κ2) is 4.40. The number of carbonyl (C=O) groups is 1. The third-order valence-corrected chi connectivity index (χ3v) is 2.54. The summed E-state index contributed by atoms with van der Waals surface area (Å²) >= 11 is 0. The molecule has 1 heterocycles. The second-order valence-corrected chi connectivity index (χ2v) is 3.53. The molecule has 0 radical (unpaired) electrons. The van der Waals surface area contributed by atoms with Gasteiger partial charge in [-0.15, -0.1) is 0 Å². The topological polar surface area (TPSA) is 67.8 Å². The number of alkyl carbamates (subject to hydrolysis) is 1. The summed E-state index contributed by atoms with van der Waals surface area (Å²) in [6, 6.07) is 6.81. The van der Waals surface area contributed by atoms with Crippen LogP contribution in [0.5, 0.6) is 5.75 Å². The smallest absolute Gasteiger partial charge is 0.408 e. The number of carbonyl (C=O) groups excluding carboxylic acids is 1. The van der Waals surface area contributed by atoms with Gasteiger partial charge in [-0.05, 0) is 17.7 Å². The highest BCUT2D eigenvalue weighted by molar-refractivity contribution is 5.70. The van der Waals surface area contributed by atoms with Gasteiger partial charge in [-0.1, -0.05) is 12.1 Å². The molecule has 16 heavy (non-hydrogen) atoms. The summed E-state index contributed by atoms with van der Waals surface area (Å²) in [6.45, 7) is -0.150. The van der Waals surface area contributed by atoms with Crippen LogP contribution in [-0.4, -0.2) is 31.0 Å². The van der Waals surface area contributed by atoms with Crippen LogP contribution in [0.3, 0.4) is 0 Å². The third-order valence-electron chi connectivity index (χ3n) is 2.54. The van der Waals surface area contributed by atoms with Gasteiger partial charge in [0.05, 0.1) is 19.8 Å². The summed E-state index contributed by atoms with van der Waals surface area (Å²) < 4.78 is 10.1. The quantitative estimate of drug-likeness (QED) is 0.796. The van der Waals surface area contributed by atoms with E-state index >= 15 is 0 Å². The van der Waals surface area contributed by atoms with E-state index in [1.54, 1.807) is 19.2 Å². The number of ether oxygens (including phenoxy) is 2. The van der Waals surface area contributed by atoms with E-state index in [-0.39, 0.29) is 12.6 Å². The zero-order valence-corrected chi connectivity index (χ0v) is 8.84. The molecule has 1 fully saturated rings. The van der Waals surface area contributed by atoms with Gasteiger partial charge in [0.2, 0.25) is 0 Å². The van der Waals surface area contributed by atoms with Crippen LogP contribution in [0, 0.1) is 0 Å². The van der Waals surface area contributed by atoms with Gasteiger partial charge in [-0.2, -0.15) is 0 Å². The van der Waals surface area contributed by atoms with Gasteiger partial charge in [-0.3, -0.25) is 0 Å². The summed E-state index contributed by atoms with van der Waals surface area (Å²) in [5.74, 6) is 0.738. The van der Waals surface area contributed by atoms with E-state index in [0.29, 0.717) is 0 Å². The molecule has 1 aromatic rings. The van der Waals surface area contributed by atoms with Gasteiger partial charge in [0.25, 0.3) is 0 Å².